The molecule has 0 aliphatic carbocycles. The standard InChI is InChI=1S/C20H22N4O2S.ClH/c1-13-3-9-17(10-4-13)22-18(25)12-27-14(2)20-23-19(24-26-20)16-7-5-15(11-21)6-8-16;/h3-10,14H,11-12,21H2,1-2H3,(H,22,25);1H. The van der Waals surface area contributed by atoms with Crippen molar-refractivity contribution in [2.24, 2.45) is 5.73 Å². The van der Waals surface area contributed by atoms with Crippen LogP contribution in [0.3, 0.4) is 0 Å². The maximum absolute atomic E-state index is 12.1. The first-order valence-corrected chi connectivity index (χ1v) is 9.71. The van der Waals surface area contributed by atoms with E-state index in [4.69, 9.17) is 10.3 Å². The molecule has 0 saturated heterocycles. The molecule has 0 aliphatic heterocycles. The van der Waals surface area contributed by atoms with Crippen molar-refractivity contribution in [2.75, 3.05) is 11.1 Å². The Hall–Kier alpha value is -2.35. The van der Waals surface area contributed by atoms with Gasteiger partial charge in [0.25, 0.3) is 0 Å². The highest BCUT2D eigenvalue weighted by atomic mass is 35.5. The van der Waals surface area contributed by atoms with E-state index in [-0.39, 0.29) is 23.6 Å². The number of nitrogens with one attached hydrogen (secondary N) is 1. The van der Waals surface area contributed by atoms with E-state index in [1.165, 1.54) is 11.8 Å². The zero-order valence-electron chi connectivity index (χ0n) is 15.7. The van der Waals surface area contributed by atoms with Gasteiger partial charge < -0.3 is 15.6 Å². The van der Waals surface area contributed by atoms with E-state index in [1.54, 1.807) is 0 Å². The number of hydrogen-bond donors (Lipinski definition) is 2. The first kappa shape index (κ1) is 21.9. The topological polar surface area (TPSA) is 94.0 Å². The Morgan fingerprint density at radius 1 is 1.18 bits per heavy atom. The molecule has 3 N–H and O–H groups in total. The molecule has 0 radical (unpaired) electrons. The van der Waals surface area contributed by atoms with Gasteiger partial charge in [0.2, 0.25) is 17.6 Å². The summed E-state index contributed by atoms with van der Waals surface area (Å²) in [5, 5.41) is 6.83. The Morgan fingerprint density at radius 3 is 2.50 bits per heavy atom. The van der Waals surface area contributed by atoms with Crippen LogP contribution >= 0.6 is 24.2 Å². The van der Waals surface area contributed by atoms with Crippen LogP contribution < -0.4 is 11.1 Å². The van der Waals surface area contributed by atoms with Gasteiger partial charge in [0.05, 0.1) is 11.0 Å². The first-order valence-electron chi connectivity index (χ1n) is 8.66. The molecule has 148 valence electrons. The van der Waals surface area contributed by atoms with Crippen molar-refractivity contribution in [3.63, 3.8) is 0 Å². The number of anilines is 1. The third-order valence-electron chi connectivity index (χ3n) is 4.04. The van der Waals surface area contributed by atoms with E-state index in [9.17, 15) is 4.79 Å². The zero-order chi connectivity index (χ0) is 19.2. The van der Waals surface area contributed by atoms with Gasteiger partial charge in [-0.25, -0.2) is 0 Å². The average Bonchev–Trinajstić information content (AvgIpc) is 3.18. The van der Waals surface area contributed by atoms with Crippen molar-refractivity contribution in [3.8, 4) is 11.4 Å². The highest BCUT2D eigenvalue weighted by Gasteiger charge is 2.17. The third-order valence-corrected chi connectivity index (χ3v) is 5.17. The SMILES string of the molecule is Cc1ccc(NC(=O)CSC(C)c2nc(-c3ccc(CN)cc3)no2)cc1.Cl. The fourth-order valence-electron chi connectivity index (χ4n) is 2.41. The molecule has 1 unspecified atom stereocenters. The van der Waals surface area contributed by atoms with Gasteiger partial charge in [0, 0.05) is 17.8 Å². The molecule has 2 aromatic carbocycles. The minimum atomic E-state index is -0.0849. The number of aryl methyl sites for hydroxylation is 1. The molecule has 0 bridgehead atoms. The Morgan fingerprint density at radius 2 is 1.86 bits per heavy atom. The maximum Gasteiger partial charge on any atom is 0.239 e. The van der Waals surface area contributed by atoms with Crippen LogP contribution in [0.5, 0.6) is 0 Å². The van der Waals surface area contributed by atoms with E-state index in [2.05, 4.69) is 15.5 Å². The second-order valence-electron chi connectivity index (χ2n) is 6.22. The molecule has 1 aromatic heterocycles. The minimum absolute atomic E-state index is 0. The van der Waals surface area contributed by atoms with E-state index >= 15 is 0 Å². The van der Waals surface area contributed by atoms with Crippen LogP contribution in [0.15, 0.2) is 53.1 Å². The van der Waals surface area contributed by atoms with Gasteiger partial charge >= 0.3 is 0 Å². The number of carbonyl (C=O) groups excluding carboxylic acids is 1. The molecular weight excluding hydrogens is 396 g/mol. The van der Waals surface area contributed by atoms with Crippen molar-refractivity contribution >= 4 is 35.8 Å². The molecule has 1 heterocycles. The van der Waals surface area contributed by atoms with Crippen LogP contribution in [0.2, 0.25) is 0 Å². The first-order chi connectivity index (χ1) is 13.0. The minimum Gasteiger partial charge on any atom is -0.338 e. The van der Waals surface area contributed by atoms with Crippen molar-refractivity contribution in [1.29, 1.82) is 0 Å². The fraction of sp³-hybridized carbons (Fsp3) is 0.250. The van der Waals surface area contributed by atoms with E-state index in [0.717, 1.165) is 22.4 Å². The lowest BCUT2D eigenvalue weighted by Crippen LogP contribution is -2.14. The molecule has 6 nitrogen and oxygen atoms in total. The molecule has 28 heavy (non-hydrogen) atoms. The number of halogens is 1. The summed E-state index contributed by atoms with van der Waals surface area (Å²) >= 11 is 1.45. The van der Waals surface area contributed by atoms with E-state index in [1.807, 2.05) is 62.4 Å². The Kier molecular flexibility index (Phi) is 8.04. The van der Waals surface area contributed by atoms with Crippen molar-refractivity contribution < 1.29 is 9.32 Å². The smallest absolute Gasteiger partial charge is 0.239 e. The van der Waals surface area contributed by atoms with Crippen LogP contribution in [-0.4, -0.2) is 21.8 Å². The summed E-state index contributed by atoms with van der Waals surface area (Å²) in [7, 11) is 0. The number of rotatable bonds is 7. The predicted octanol–water partition coefficient (Wildman–Crippen LogP) is 4.36. The van der Waals surface area contributed by atoms with Gasteiger partial charge in [0.15, 0.2) is 0 Å². The fourth-order valence-corrected chi connectivity index (χ4v) is 3.13. The van der Waals surface area contributed by atoms with Crippen LogP contribution in [0.4, 0.5) is 5.69 Å². The lowest BCUT2D eigenvalue weighted by atomic mass is 10.1. The van der Waals surface area contributed by atoms with Crippen LogP contribution in [0.25, 0.3) is 11.4 Å². The molecule has 8 heteroatoms. The predicted molar refractivity (Wildman–Crippen MR) is 116 cm³/mol. The number of thioether (sulfide) groups is 1. The van der Waals surface area contributed by atoms with Crippen LogP contribution in [-0.2, 0) is 11.3 Å². The van der Waals surface area contributed by atoms with E-state index in [0.29, 0.717) is 24.0 Å². The largest absolute Gasteiger partial charge is 0.338 e. The highest BCUT2D eigenvalue weighted by molar-refractivity contribution is 8.00. The summed E-state index contributed by atoms with van der Waals surface area (Å²) in [4.78, 5) is 16.6. The van der Waals surface area contributed by atoms with Crippen LogP contribution in [0, 0.1) is 6.92 Å². The van der Waals surface area contributed by atoms with Gasteiger partial charge in [0.1, 0.15) is 0 Å². The molecule has 0 aliphatic rings. The maximum atomic E-state index is 12.1. The Balaban J connectivity index is 0.00000280. The summed E-state index contributed by atoms with van der Waals surface area (Å²) in [6.45, 7) is 4.45. The van der Waals surface area contributed by atoms with Crippen molar-refractivity contribution in [3.05, 3.63) is 65.5 Å². The average molecular weight is 419 g/mol. The zero-order valence-corrected chi connectivity index (χ0v) is 17.3. The molecule has 0 spiro atoms. The lowest BCUT2D eigenvalue weighted by molar-refractivity contribution is -0.113. The number of carbonyl (C=O) groups is 1. The summed E-state index contributed by atoms with van der Waals surface area (Å²) in [6.07, 6.45) is 0. The van der Waals surface area contributed by atoms with E-state index < -0.39 is 0 Å². The van der Waals surface area contributed by atoms with Gasteiger partial charge in [-0.3, -0.25) is 4.79 Å². The second kappa shape index (κ2) is 10.3. The molecule has 3 rings (SSSR count). The molecule has 0 fully saturated rings. The number of nitrogens with two attached hydrogens (primary N) is 1. The second-order valence-corrected chi connectivity index (χ2v) is 7.55. The Labute approximate surface area is 174 Å². The third kappa shape index (κ3) is 5.82. The quantitative estimate of drug-likeness (QED) is 0.592. The number of benzene rings is 2. The monoisotopic (exact) mass is 418 g/mol. The van der Waals surface area contributed by atoms with Crippen molar-refractivity contribution in [2.45, 2.75) is 25.6 Å². The highest BCUT2D eigenvalue weighted by Crippen LogP contribution is 2.28. The number of aromatic nitrogens is 2. The number of amides is 1. The summed E-state index contributed by atoms with van der Waals surface area (Å²) in [5.74, 6) is 1.27. The summed E-state index contributed by atoms with van der Waals surface area (Å²) in [5.41, 5.74) is 9.47. The summed E-state index contributed by atoms with van der Waals surface area (Å²) in [6, 6.07) is 15.4. The summed E-state index contributed by atoms with van der Waals surface area (Å²) < 4.78 is 5.36. The van der Waals surface area contributed by atoms with Crippen LogP contribution in [0.1, 0.15) is 29.2 Å². The molecule has 1 amide bonds. The Bertz CT molecular complexity index is 897. The number of hydrogen-bond acceptors (Lipinski definition) is 6. The van der Waals surface area contributed by atoms with Gasteiger partial charge in [-0.1, -0.05) is 47.1 Å². The van der Waals surface area contributed by atoms with Gasteiger partial charge in [-0.2, -0.15) is 4.98 Å². The normalized spacial score (nSPS) is 11.5. The van der Waals surface area contributed by atoms with Gasteiger partial charge in [-0.05, 0) is 31.5 Å². The lowest BCUT2D eigenvalue weighted by Gasteiger charge is -2.08. The molecular formula is C20H23ClN4O2S. The number of nitrogens with zero attached hydrogens (tertiary/aromatic N) is 2. The molecule has 0 saturated carbocycles. The van der Waals surface area contributed by atoms with Gasteiger partial charge in [-0.15, -0.1) is 24.2 Å². The molecule has 1 atom stereocenters. The molecule has 3 aromatic rings. The van der Waals surface area contributed by atoms with Crippen molar-refractivity contribution in [1.82, 2.24) is 10.1 Å².